The zero-order valence-electron chi connectivity index (χ0n) is 10.9. The van der Waals surface area contributed by atoms with Crippen LogP contribution in [0.4, 0.5) is 0 Å². The number of ether oxygens (including phenoxy) is 1. The van der Waals surface area contributed by atoms with Crippen molar-refractivity contribution in [3.05, 3.63) is 41.7 Å². The van der Waals surface area contributed by atoms with Gasteiger partial charge in [0.25, 0.3) is 0 Å². The van der Waals surface area contributed by atoms with Crippen LogP contribution in [-0.2, 0) is 9.53 Å². The van der Waals surface area contributed by atoms with Crippen LogP contribution in [0.3, 0.4) is 0 Å². The molecule has 3 heteroatoms. The van der Waals surface area contributed by atoms with Crippen LogP contribution in [0, 0.1) is 6.92 Å². The van der Waals surface area contributed by atoms with Crippen molar-refractivity contribution in [3.63, 3.8) is 0 Å². The predicted octanol–water partition coefficient (Wildman–Crippen LogP) is 3.21. The Hall–Kier alpha value is -1.90. The molecular weight excluding hydrogens is 226 g/mol. The minimum absolute atomic E-state index is 0.181. The molecule has 0 spiro atoms. The van der Waals surface area contributed by atoms with Crippen LogP contribution in [0.25, 0.3) is 10.8 Å². The summed E-state index contributed by atoms with van der Waals surface area (Å²) < 4.78 is 5.08. The average Bonchev–Trinajstić information content (AvgIpc) is 2.37. The summed E-state index contributed by atoms with van der Waals surface area (Å²) in [7, 11) is 0. The normalized spacial score (nSPS) is 12.4. The molecule has 0 N–H and O–H groups in total. The van der Waals surface area contributed by atoms with Crippen molar-refractivity contribution in [3.8, 4) is 0 Å². The predicted molar refractivity (Wildman–Crippen MR) is 71.5 cm³/mol. The lowest BCUT2D eigenvalue weighted by atomic mass is 9.95. The zero-order valence-corrected chi connectivity index (χ0v) is 10.9. The lowest BCUT2D eigenvalue weighted by Crippen LogP contribution is -2.13. The largest absolute Gasteiger partial charge is 0.466 e. The number of hydrogen-bond acceptors (Lipinski definition) is 3. The van der Waals surface area contributed by atoms with E-state index < -0.39 is 0 Å². The van der Waals surface area contributed by atoms with E-state index in [2.05, 4.69) is 4.98 Å². The maximum atomic E-state index is 11.8. The molecule has 1 unspecified atom stereocenters. The van der Waals surface area contributed by atoms with E-state index in [1.165, 1.54) is 0 Å². The minimum Gasteiger partial charge on any atom is -0.466 e. The van der Waals surface area contributed by atoms with Crippen LogP contribution in [0.5, 0.6) is 0 Å². The first kappa shape index (κ1) is 12.6. The molecule has 1 atom stereocenters. The molecular formula is C15H17NO2. The lowest BCUT2D eigenvalue weighted by molar-refractivity contribution is -0.144. The first-order valence-corrected chi connectivity index (χ1v) is 6.15. The molecule has 2 aromatic rings. The summed E-state index contributed by atoms with van der Waals surface area (Å²) in [4.78, 5) is 16.1. The van der Waals surface area contributed by atoms with Gasteiger partial charge in [0.1, 0.15) is 0 Å². The van der Waals surface area contributed by atoms with E-state index in [0.717, 1.165) is 22.0 Å². The Morgan fingerprint density at radius 1 is 1.44 bits per heavy atom. The molecule has 0 aliphatic carbocycles. The Bertz CT molecular complexity index is 578. The Labute approximate surface area is 107 Å². The molecule has 18 heavy (non-hydrogen) atoms. The second-order valence-electron chi connectivity index (χ2n) is 4.37. The number of fused-ring (bicyclic) bond motifs is 1. The highest BCUT2D eigenvalue weighted by Gasteiger charge is 2.18. The molecule has 0 saturated heterocycles. The molecule has 0 amide bonds. The van der Waals surface area contributed by atoms with E-state index in [9.17, 15) is 4.79 Å². The van der Waals surface area contributed by atoms with Crippen LogP contribution in [0.2, 0.25) is 0 Å². The number of nitrogens with zero attached hydrogens (tertiary/aromatic N) is 1. The monoisotopic (exact) mass is 243 g/mol. The first-order valence-electron chi connectivity index (χ1n) is 6.15. The van der Waals surface area contributed by atoms with Crippen molar-refractivity contribution in [2.24, 2.45) is 0 Å². The fourth-order valence-corrected chi connectivity index (χ4v) is 2.07. The molecule has 0 aliphatic rings. The molecule has 0 bridgehead atoms. The molecule has 1 aromatic carbocycles. The minimum atomic E-state index is -0.254. The number of carbonyl (C=O) groups is 1. The highest BCUT2D eigenvalue weighted by molar-refractivity contribution is 5.90. The molecule has 3 nitrogen and oxygen atoms in total. The quantitative estimate of drug-likeness (QED) is 0.777. The van der Waals surface area contributed by atoms with E-state index in [0.29, 0.717) is 6.61 Å². The number of aromatic nitrogens is 1. The number of hydrogen-bond donors (Lipinski definition) is 0. The van der Waals surface area contributed by atoms with E-state index in [-0.39, 0.29) is 11.9 Å². The van der Waals surface area contributed by atoms with Gasteiger partial charge in [-0.15, -0.1) is 0 Å². The summed E-state index contributed by atoms with van der Waals surface area (Å²) in [5.41, 5.74) is 1.95. The van der Waals surface area contributed by atoms with Gasteiger partial charge in [0, 0.05) is 17.3 Å². The number of rotatable bonds is 3. The molecule has 1 heterocycles. The van der Waals surface area contributed by atoms with Crippen LogP contribution in [0.15, 0.2) is 30.5 Å². The number of benzene rings is 1. The van der Waals surface area contributed by atoms with Crippen LogP contribution in [-0.4, -0.2) is 17.6 Å². The van der Waals surface area contributed by atoms with Crippen LogP contribution < -0.4 is 0 Å². The molecule has 94 valence electrons. The van der Waals surface area contributed by atoms with Crippen molar-refractivity contribution in [1.82, 2.24) is 4.98 Å². The summed E-state index contributed by atoms with van der Waals surface area (Å²) in [6.45, 7) is 6.06. The van der Waals surface area contributed by atoms with E-state index in [1.54, 1.807) is 0 Å². The highest BCUT2D eigenvalue weighted by atomic mass is 16.5. The first-order chi connectivity index (χ1) is 8.63. The van der Waals surface area contributed by atoms with Gasteiger partial charge in [0.05, 0.1) is 12.5 Å². The summed E-state index contributed by atoms with van der Waals surface area (Å²) in [5, 5.41) is 2.12. The molecule has 0 radical (unpaired) electrons. The average molecular weight is 243 g/mol. The van der Waals surface area contributed by atoms with E-state index in [4.69, 9.17) is 4.74 Å². The maximum absolute atomic E-state index is 11.8. The standard InChI is InChI=1S/C15H17NO2/c1-4-18-15(17)11(3)13-7-5-6-12-9-16-10(2)8-14(12)13/h5-9,11H,4H2,1-3H3. The maximum Gasteiger partial charge on any atom is 0.313 e. The zero-order chi connectivity index (χ0) is 13.1. The van der Waals surface area contributed by atoms with Gasteiger partial charge < -0.3 is 4.74 Å². The Balaban J connectivity index is 2.50. The summed E-state index contributed by atoms with van der Waals surface area (Å²) in [6.07, 6.45) is 1.84. The third-order valence-corrected chi connectivity index (χ3v) is 3.04. The summed E-state index contributed by atoms with van der Waals surface area (Å²) >= 11 is 0. The van der Waals surface area contributed by atoms with Gasteiger partial charge in [-0.05, 0) is 37.8 Å². The Kier molecular flexibility index (Phi) is 3.60. The fraction of sp³-hybridized carbons (Fsp3) is 0.333. The van der Waals surface area contributed by atoms with E-state index >= 15 is 0 Å². The second kappa shape index (κ2) is 5.17. The van der Waals surface area contributed by atoms with Crippen molar-refractivity contribution >= 4 is 16.7 Å². The summed E-state index contributed by atoms with van der Waals surface area (Å²) in [5.74, 6) is -0.435. The van der Waals surface area contributed by atoms with Gasteiger partial charge in [0.15, 0.2) is 0 Å². The van der Waals surface area contributed by atoms with Gasteiger partial charge >= 0.3 is 5.97 Å². The van der Waals surface area contributed by atoms with Gasteiger partial charge in [-0.3, -0.25) is 9.78 Å². The third kappa shape index (κ3) is 2.35. The third-order valence-electron chi connectivity index (χ3n) is 3.04. The molecule has 0 fully saturated rings. The van der Waals surface area contributed by atoms with E-state index in [1.807, 2.05) is 51.2 Å². The summed E-state index contributed by atoms with van der Waals surface area (Å²) in [6, 6.07) is 7.94. The number of carbonyl (C=O) groups excluding carboxylic acids is 1. The topological polar surface area (TPSA) is 39.2 Å². The lowest BCUT2D eigenvalue weighted by Gasteiger charge is -2.13. The van der Waals surface area contributed by atoms with Gasteiger partial charge in [-0.2, -0.15) is 0 Å². The number of esters is 1. The molecule has 0 aliphatic heterocycles. The van der Waals surface area contributed by atoms with Crippen molar-refractivity contribution in [2.45, 2.75) is 26.7 Å². The molecule has 2 rings (SSSR count). The van der Waals surface area contributed by atoms with Gasteiger partial charge in [-0.25, -0.2) is 0 Å². The van der Waals surface area contributed by atoms with Crippen molar-refractivity contribution in [2.75, 3.05) is 6.61 Å². The molecule has 1 aromatic heterocycles. The smallest absolute Gasteiger partial charge is 0.313 e. The van der Waals surface area contributed by atoms with Crippen molar-refractivity contribution < 1.29 is 9.53 Å². The SMILES string of the molecule is CCOC(=O)C(C)c1cccc2cnc(C)cc12. The number of aryl methyl sites for hydroxylation is 1. The highest BCUT2D eigenvalue weighted by Crippen LogP contribution is 2.26. The Morgan fingerprint density at radius 3 is 2.94 bits per heavy atom. The Morgan fingerprint density at radius 2 is 2.22 bits per heavy atom. The van der Waals surface area contributed by atoms with Crippen LogP contribution in [0.1, 0.15) is 31.0 Å². The van der Waals surface area contributed by atoms with Crippen LogP contribution >= 0.6 is 0 Å². The van der Waals surface area contributed by atoms with Crippen molar-refractivity contribution in [1.29, 1.82) is 0 Å². The number of pyridine rings is 1. The second-order valence-corrected chi connectivity index (χ2v) is 4.37. The van der Waals surface area contributed by atoms with Gasteiger partial charge in [-0.1, -0.05) is 18.2 Å². The molecule has 0 saturated carbocycles. The fourth-order valence-electron chi connectivity index (χ4n) is 2.07. The van der Waals surface area contributed by atoms with Gasteiger partial charge in [0.2, 0.25) is 0 Å².